The lowest BCUT2D eigenvalue weighted by molar-refractivity contribution is -0.384. The SMILES string of the molecule is CC(C)(C)OC(=O)c1cc2[nH]cc(-c3ccc([N+](=O)[O-])cc3)c2cn1. The van der Waals surface area contributed by atoms with E-state index in [2.05, 4.69) is 9.97 Å². The van der Waals surface area contributed by atoms with E-state index in [1.807, 2.05) is 0 Å². The molecule has 0 bridgehead atoms. The van der Waals surface area contributed by atoms with E-state index in [0.717, 1.165) is 22.0 Å². The number of fused-ring (bicyclic) bond motifs is 1. The number of pyridine rings is 1. The van der Waals surface area contributed by atoms with Gasteiger partial charge in [0.2, 0.25) is 0 Å². The molecule has 7 heteroatoms. The third-order valence-electron chi connectivity index (χ3n) is 3.56. The zero-order valence-electron chi connectivity index (χ0n) is 14.1. The van der Waals surface area contributed by atoms with E-state index in [9.17, 15) is 14.9 Å². The van der Waals surface area contributed by atoms with Gasteiger partial charge in [0.15, 0.2) is 0 Å². The maximum Gasteiger partial charge on any atom is 0.357 e. The molecule has 0 saturated heterocycles. The minimum atomic E-state index is -0.590. The molecule has 0 saturated carbocycles. The summed E-state index contributed by atoms with van der Waals surface area (Å²) in [5, 5.41) is 11.6. The predicted molar refractivity (Wildman–Crippen MR) is 93.4 cm³/mol. The Morgan fingerprint density at radius 3 is 2.52 bits per heavy atom. The molecule has 0 aliphatic carbocycles. The number of aromatic amines is 1. The third kappa shape index (κ3) is 3.50. The lowest BCUT2D eigenvalue weighted by Crippen LogP contribution is -2.24. The molecule has 3 rings (SSSR count). The van der Waals surface area contributed by atoms with E-state index in [4.69, 9.17) is 4.74 Å². The van der Waals surface area contributed by atoms with Gasteiger partial charge < -0.3 is 9.72 Å². The Balaban J connectivity index is 1.95. The second kappa shape index (κ2) is 6.01. The van der Waals surface area contributed by atoms with E-state index in [-0.39, 0.29) is 11.4 Å². The van der Waals surface area contributed by atoms with Crippen LogP contribution < -0.4 is 0 Å². The number of nitro groups is 1. The summed E-state index contributed by atoms with van der Waals surface area (Å²) < 4.78 is 5.32. The number of rotatable bonds is 3. The number of ether oxygens (including phenoxy) is 1. The summed E-state index contributed by atoms with van der Waals surface area (Å²) in [5.74, 6) is -0.485. The van der Waals surface area contributed by atoms with Crippen molar-refractivity contribution in [1.82, 2.24) is 9.97 Å². The maximum atomic E-state index is 12.1. The molecule has 2 aromatic heterocycles. The molecule has 0 fully saturated rings. The first-order valence-corrected chi connectivity index (χ1v) is 7.70. The lowest BCUT2D eigenvalue weighted by atomic mass is 10.1. The van der Waals surface area contributed by atoms with Gasteiger partial charge in [-0.3, -0.25) is 10.1 Å². The first kappa shape index (κ1) is 16.6. The van der Waals surface area contributed by atoms with E-state index in [1.165, 1.54) is 12.1 Å². The Hall–Kier alpha value is -3.22. The van der Waals surface area contributed by atoms with Crippen LogP contribution >= 0.6 is 0 Å². The molecular formula is C18H17N3O4. The van der Waals surface area contributed by atoms with E-state index in [0.29, 0.717) is 0 Å². The van der Waals surface area contributed by atoms with Crippen LogP contribution in [0.5, 0.6) is 0 Å². The van der Waals surface area contributed by atoms with Gasteiger partial charge >= 0.3 is 5.97 Å². The molecule has 3 aromatic rings. The Labute approximate surface area is 143 Å². The number of hydrogen-bond acceptors (Lipinski definition) is 5. The molecule has 0 aliphatic rings. The van der Waals surface area contributed by atoms with Crippen molar-refractivity contribution in [3.05, 3.63) is 58.5 Å². The summed E-state index contributed by atoms with van der Waals surface area (Å²) in [6, 6.07) is 7.91. The quantitative estimate of drug-likeness (QED) is 0.440. The Morgan fingerprint density at radius 1 is 1.24 bits per heavy atom. The molecule has 0 radical (unpaired) electrons. The van der Waals surface area contributed by atoms with Crippen molar-refractivity contribution >= 4 is 22.6 Å². The van der Waals surface area contributed by atoms with Gasteiger partial charge in [0, 0.05) is 41.0 Å². The average Bonchev–Trinajstić information content (AvgIpc) is 2.96. The largest absolute Gasteiger partial charge is 0.455 e. The summed E-state index contributed by atoms with van der Waals surface area (Å²) in [7, 11) is 0. The van der Waals surface area contributed by atoms with E-state index in [1.54, 1.807) is 51.4 Å². The minimum absolute atomic E-state index is 0.0360. The van der Waals surface area contributed by atoms with E-state index >= 15 is 0 Å². The van der Waals surface area contributed by atoms with Crippen molar-refractivity contribution in [3.8, 4) is 11.1 Å². The van der Waals surface area contributed by atoms with Crippen LogP contribution in [-0.4, -0.2) is 26.5 Å². The van der Waals surface area contributed by atoms with Crippen molar-refractivity contribution in [2.45, 2.75) is 26.4 Å². The summed E-state index contributed by atoms with van der Waals surface area (Å²) >= 11 is 0. The molecule has 7 nitrogen and oxygen atoms in total. The second-order valence-electron chi connectivity index (χ2n) is 6.62. The van der Waals surface area contributed by atoms with Crippen LogP contribution in [0.15, 0.2) is 42.7 Å². The fourth-order valence-corrected chi connectivity index (χ4v) is 2.46. The number of nitrogens with one attached hydrogen (secondary N) is 1. The molecule has 0 spiro atoms. The van der Waals surface area contributed by atoms with Crippen molar-refractivity contribution in [1.29, 1.82) is 0 Å². The van der Waals surface area contributed by atoms with Crippen molar-refractivity contribution < 1.29 is 14.5 Å². The number of carbonyl (C=O) groups excluding carboxylic acids is 1. The Morgan fingerprint density at radius 2 is 1.92 bits per heavy atom. The van der Waals surface area contributed by atoms with Crippen molar-refractivity contribution in [2.24, 2.45) is 0 Å². The number of benzene rings is 1. The molecule has 0 amide bonds. The normalized spacial score (nSPS) is 11.5. The number of H-pyrrole nitrogens is 1. The van der Waals surface area contributed by atoms with Crippen LogP contribution in [0.3, 0.4) is 0 Å². The standard InChI is InChI=1S/C18H17N3O4/c1-18(2,3)25-17(22)16-8-15-14(10-20-16)13(9-19-15)11-4-6-12(7-5-11)21(23)24/h4-10,19H,1-3H3. The average molecular weight is 339 g/mol. The fourth-order valence-electron chi connectivity index (χ4n) is 2.46. The summed E-state index contributed by atoms with van der Waals surface area (Å²) in [6.45, 7) is 5.39. The molecule has 0 atom stereocenters. The smallest absolute Gasteiger partial charge is 0.357 e. The van der Waals surface area contributed by atoms with Crippen LogP contribution in [-0.2, 0) is 4.74 Å². The number of esters is 1. The van der Waals surface area contributed by atoms with Crippen molar-refractivity contribution in [2.75, 3.05) is 0 Å². The third-order valence-corrected chi connectivity index (χ3v) is 3.56. The second-order valence-corrected chi connectivity index (χ2v) is 6.62. The summed E-state index contributed by atoms with van der Waals surface area (Å²) in [4.78, 5) is 29.7. The molecule has 128 valence electrons. The van der Waals surface area contributed by atoms with Gasteiger partial charge in [-0.05, 0) is 44.5 Å². The minimum Gasteiger partial charge on any atom is -0.455 e. The highest BCUT2D eigenvalue weighted by molar-refractivity contribution is 5.98. The highest BCUT2D eigenvalue weighted by Gasteiger charge is 2.20. The van der Waals surface area contributed by atoms with Crippen LogP contribution in [0.2, 0.25) is 0 Å². The first-order chi connectivity index (χ1) is 11.7. The Bertz CT molecular complexity index is 953. The molecule has 0 aliphatic heterocycles. The van der Waals surface area contributed by atoms with Crippen LogP contribution in [0.1, 0.15) is 31.3 Å². The maximum absolute atomic E-state index is 12.1. The zero-order chi connectivity index (χ0) is 18.2. The van der Waals surface area contributed by atoms with Crippen LogP contribution in [0.4, 0.5) is 5.69 Å². The van der Waals surface area contributed by atoms with Gasteiger partial charge in [-0.15, -0.1) is 0 Å². The highest BCUT2D eigenvalue weighted by atomic mass is 16.6. The number of nitrogens with zero attached hydrogens (tertiary/aromatic N) is 2. The fraction of sp³-hybridized carbons (Fsp3) is 0.222. The van der Waals surface area contributed by atoms with Gasteiger partial charge in [-0.2, -0.15) is 0 Å². The molecule has 0 unspecified atom stereocenters. The lowest BCUT2D eigenvalue weighted by Gasteiger charge is -2.18. The van der Waals surface area contributed by atoms with Gasteiger partial charge in [0.1, 0.15) is 11.3 Å². The summed E-state index contributed by atoms with van der Waals surface area (Å²) in [5.41, 5.74) is 2.09. The van der Waals surface area contributed by atoms with Gasteiger partial charge in [0.05, 0.1) is 4.92 Å². The molecule has 1 N–H and O–H groups in total. The molecule has 25 heavy (non-hydrogen) atoms. The van der Waals surface area contributed by atoms with Crippen LogP contribution in [0.25, 0.3) is 22.0 Å². The number of nitro benzene ring substituents is 1. The zero-order valence-corrected chi connectivity index (χ0v) is 14.1. The van der Waals surface area contributed by atoms with E-state index < -0.39 is 16.5 Å². The van der Waals surface area contributed by atoms with Gasteiger partial charge in [0.25, 0.3) is 5.69 Å². The molecule has 1 aromatic carbocycles. The predicted octanol–water partition coefficient (Wildman–Crippen LogP) is 4.09. The van der Waals surface area contributed by atoms with Gasteiger partial charge in [-0.1, -0.05) is 0 Å². The molecular weight excluding hydrogens is 322 g/mol. The first-order valence-electron chi connectivity index (χ1n) is 7.70. The highest BCUT2D eigenvalue weighted by Crippen LogP contribution is 2.29. The monoisotopic (exact) mass is 339 g/mol. The van der Waals surface area contributed by atoms with Gasteiger partial charge in [-0.25, -0.2) is 9.78 Å². The Kier molecular flexibility index (Phi) is 4.00. The molecule has 2 heterocycles. The number of aromatic nitrogens is 2. The van der Waals surface area contributed by atoms with Crippen molar-refractivity contribution in [3.63, 3.8) is 0 Å². The topological polar surface area (TPSA) is 98.1 Å². The number of carbonyl (C=O) groups is 1. The number of hydrogen-bond donors (Lipinski definition) is 1. The van der Waals surface area contributed by atoms with Crippen LogP contribution in [0, 0.1) is 10.1 Å². The number of non-ortho nitro benzene ring substituents is 1. The summed E-state index contributed by atoms with van der Waals surface area (Å²) in [6.07, 6.45) is 3.38.